The van der Waals surface area contributed by atoms with Crippen molar-refractivity contribution in [3.8, 4) is 22.3 Å². The summed E-state index contributed by atoms with van der Waals surface area (Å²) in [6.07, 6.45) is 5.29. The molecule has 2 aliphatic rings. The van der Waals surface area contributed by atoms with Crippen molar-refractivity contribution >= 4 is 0 Å². The topological polar surface area (TPSA) is 9.23 Å². The molecule has 2 aliphatic carbocycles. The predicted octanol–water partition coefficient (Wildman–Crippen LogP) is 7.79. The van der Waals surface area contributed by atoms with E-state index in [-0.39, 0.29) is 0 Å². The second-order valence-electron chi connectivity index (χ2n) is 10.3. The molecule has 0 unspecified atom stereocenters. The molecule has 0 saturated heterocycles. The molecule has 2 fully saturated rings. The third kappa shape index (κ3) is 3.53. The van der Waals surface area contributed by atoms with Gasteiger partial charge in [0, 0.05) is 0 Å². The highest BCUT2D eigenvalue weighted by Crippen LogP contribution is 2.66. The van der Waals surface area contributed by atoms with Crippen LogP contribution in [0.2, 0.25) is 0 Å². The minimum Gasteiger partial charge on any atom is -0.377 e. The van der Waals surface area contributed by atoms with Crippen molar-refractivity contribution in [1.29, 1.82) is 0 Å². The third-order valence-corrected chi connectivity index (χ3v) is 8.71. The SMILES string of the molecule is CC1(C)[C@H]2CC[C@]1(C)[C@H](OCCc1ccc(-c3ccccc3)cc1-c1ccccc1)C2. The Labute approximate surface area is 187 Å². The molecule has 0 aromatic heterocycles. The Morgan fingerprint density at radius 1 is 0.806 bits per heavy atom. The maximum Gasteiger partial charge on any atom is 0.0636 e. The Hall–Kier alpha value is -2.38. The van der Waals surface area contributed by atoms with Crippen LogP contribution in [-0.2, 0) is 11.2 Å². The van der Waals surface area contributed by atoms with Gasteiger partial charge in [-0.2, -0.15) is 0 Å². The van der Waals surface area contributed by atoms with E-state index in [0.717, 1.165) is 18.9 Å². The lowest BCUT2D eigenvalue weighted by atomic mass is 9.70. The van der Waals surface area contributed by atoms with Crippen LogP contribution in [0.4, 0.5) is 0 Å². The molecule has 3 aromatic rings. The fourth-order valence-corrected chi connectivity index (χ4v) is 6.18. The summed E-state index contributed by atoms with van der Waals surface area (Å²) in [5.74, 6) is 0.826. The van der Waals surface area contributed by atoms with Crippen LogP contribution in [-0.4, -0.2) is 12.7 Å². The molecular weight excluding hydrogens is 376 g/mol. The van der Waals surface area contributed by atoms with E-state index in [1.165, 1.54) is 47.1 Å². The summed E-state index contributed by atoms with van der Waals surface area (Å²) in [6.45, 7) is 8.19. The lowest BCUT2D eigenvalue weighted by molar-refractivity contribution is -0.0452. The monoisotopic (exact) mass is 410 g/mol. The van der Waals surface area contributed by atoms with E-state index in [0.29, 0.717) is 16.9 Å². The van der Waals surface area contributed by atoms with E-state index in [1.54, 1.807) is 0 Å². The number of hydrogen-bond acceptors (Lipinski definition) is 1. The zero-order valence-electron chi connectivity index (χ0n) is 19.1. The Morgan fingerprint density at radius 3 is 2.10 bits per heavy atom. The van der Waals surface area contributed by atoms with E-state index in [9.17, 15) is 0 Å². The predicted molar refractivity (Wildman–Crippen MR) is 130 cm³/mol. The van der Waals surface area contributed by atoms with Gasteiger partial charge in [0.25, 0.3) is 0 Å². The molecule has 3 atom stereocenters. The zero-order valence-corrected chi connectivity index (χ0v) is 19.1. The highest BCUT2D eigenvalue weighted by Gasteiger charge is 2.61. The molecule has 1 nitrogen and oxygen atoms in total. The standard InChI is InChI=1S/C30H34O/c1-29(2)26-16-18-30(29,3)28(21-26)31-19-17-24-14-15-25(22-10-6-4-7-11-22)20-27(24)23-12-8-5-9-13-23/h4-15,20,26,28H,16-19,21H2,1-3H3/t26-,28+,30+/m0/s1. The maximum absolute atomic E-state index is 6.59. The van der Waals surface area contributed by atoms with Gasteiger partial charge in [-0.1, -0.05) is 93.6 Å². The maximum atomic E-state index is 6.59. The molecule has 2 saturated carbocycles. The number of fused-ring (bicyclic) bond motifs is 2. The molecular formula is C30H34O. The molecule has 0 radical (unpaired) electrons. The normalized spacial score (nSPS) is 26.3. The second kappa shape index (κ2) is 7.95. The van der Waals surface area contributed by atoms with Crippen molar-refractivity contribution in [2.75, 3.05) is 6.61 Å². The van der Waals surface area contributed by atoms with Crippen LogP contribution in [0.3, 0.4) is 0 Å². The van der Waals surface area contributed by atoms with Gasteiger partial charge in [0.05, 0.1) is 12.7 Å². The van der Waals surface area contributed by atoms with Gasteiger partial charge in [-0.3, -0.25) is 0 Å². The molecule has 0 N–H and O–H groups in total. The van der Waals surface area contributed by atoms with E-state index in [2.05, 4.69) is 99.6 Å². The Morgan fingerprint density at radius 2 is 1.48 bits per heavy atom. The summed E-state index contributed by atoms with van der Waals surface area (Å²) < 4.78 is 6.59. The van der Waals surface area contributed by atoms with Crippen LogP contribution in [0, 0.1) is 16.7 Å². The first kappa shape index (κ1) is 20.5. The smallest absolute Gasteiger partial charge is 0.0636 e. The van der Waals surface area contributed by atoms with Crippen molar-refractivity contribution in [2.24, 2.45) is 16.7 Å². The van der Waals surface area contributed by atoms with E-state index < -0.39 is 0 Å². The summed E-state index contributed by atoms with van der Waals surface area (Å²) in [4.78, 5) is 0. The molecule has 160 valence electrons. The van der Waals surface area contributed by atoms with Crippen molar-refractivity contribution in [2.45, 2.75) is 52.6 Å². The highest BCUT2D eigenvalue weighted by atomic mass is 16.5. The van der Waals surface area contributed by atoms with Gasteiger partial charge in [-0.25, -0.2) is 0 Å². The fourth-order valence-electron chi connectivity index (χ4n) is 6.18. The van der Waals surface area contributed by atoms with Gasteiger partial charge in [-0.15, -0.1) is 0 Å². The van der Waals surface area contributed by atoms with Gasteiger partial charge in [0.1, 0.15) is 0 Å². The molecule has 2 bridgehead atoms. The Kier molecular flexibility index (Phi) is 5.26. The van der Waals surface area contributed by atoms with Crippen LogP contribution in [0.25, 0.3) is 22.3 Å². The molecule has 0 amide bonds. The average Bonchev–Trinajstić information content (AvgIpc) is 3.14. The highest BCUT2D eigenvalue weighted by molar-refractivity contribution is 5.75. The summed E-state index contributed by atoms with van der Waals surface area (Å²) >= 11 is 0. The lowest BCUT2D eigenvalue weighted by Gasteiger charge is -2.39. The largest absolute Gasteiger partial charge is 0.377 e. The van der Waals surface area contributed by atoms with E-state index in [4.69, 9.17) is 4.74 Å². The number of rotatable bonds is 6. The van der Waals surface area contributed by atoms with Crippen LogP contribution in [0.5, 0.6) is 0 Å². The van der Waals surface area contributed by atoms with Gasteiger partial charge in [-0.05, 0) is 76.3 Å². The Bertz CT molecular complexity index is 1040. The van der Waals surface area contributed by atoms with E-state index in [1.807, 2.05) is 0 Å². The summed E-state index contributed by atoms with van der Waals surface area (Å²) in [5.41, 5.74) is 7.25. The number of benzene rings is 3. The van der Waals surface area contributed by atoms with Gasteiger partial charge >= 0.3 is 0 Å². The first-order valence-electron chi connectivity index (χ1n) is 11.8. The first-order chi connectivity index (χ1) is 15.0. The van der Waals surface area contributed by atoms with Crippen LogP contribution in [0.15, 0.2) is 78.9 Å². The van der Waals surface area contributed by atoms with Crippen LogP contribution in [0.1, 0.15) is 45.6 Å². The van der Waals surface area contributed by atoms with Crippen molar-refractivity contribution in [1.82, 2.24) is 0 Å². The fraction of sp³-hybridized carbons (Fsp3) is 0.400. The van der Waals surface area contributed by atoms with Crippen molar-refractivity contribution in [3.63, 3.8) is 0 Å². The number of ether oxygens (including phenoxy) is 1. The molecule has 5 rings (SSSR count). The van der Waals surface area contributed by atoms with Crippen LogP contribution < -0.4 is 0 Å². The van der Waals surface area contributed by atoms with Gasteiger partial charge in [0.15, 0.2) is 0 Å². The van der Waals surface area contributed by atoms with Gasteiger partial charge < -0.3 is 4.74 Å². The number of hydrogen-bond donors (Lipinski definition) is 0. The van der Waals surface area contributed by atoms with Crippen LogP contribution >= 0.6 is 0 Å². The van der Waals surface area contributed by atoms with Crippen molar-refractivity contribution in [3.05, 3.63) is 84.4 Å². The quantitative estimate of drug-likeness (QED) is 0.403. The zero-order chi connectivity index (χ0) is 21.5. The van der Waals surface area contributed by atoms with Crippen molar-refractivity contribution < 1.29 is 4.74 Å². The van der Waals surface area contributed by atoms with E-state index >= 15 is 0 Å². The van der Waals surface area contributed by atoms with Gasteiger partial charge in [0.2, 0.25) is 0 Å². The first-order valence-corrected chi connectivity index (χ1v) is 11.8. The third-order valence-electron chi connectivity index (χ3n) is 8.71. The minimum absolute atomic E-state index is 0.330. The summed E-state index contributed by atoms with van der Waals surface area (Å²) in [5, 5.41) is 0. The molecule has 31 heavy (non-hydrogen) atoms. The molecule has 3 aromatic carbocycles. The Balaban J connectivity index is 1.37. The summed E-state index contributed by atoms with van der Waals surface area (Å²) in [6, 6.07) is 28.4. The molecule has 0 aliphatic heterocycles. The molecule has 1 heteroatoms. The molecule has 0 heterocycles. The lowest BCUT2D eigenvalue weighted by Crippen LogP contribution is -2.37. The average molecular weight is 411 g/mol. The molecule has 0 spiro atoms. The second-order valence-corrected chi connectivity index (χ2v) is 10.3. The summed E-state index contributed by atoms with van der Waals surface area (Å²) in [7, 11) is 0. The minimum atomic E-state index is 0.330.